The first-order valence-electron chi connectivity index (χ1n) is 11.5. The highest BCUT2D eigenvalue weighted by Crippen LogP contribution is 2.48. The van der Waals surface area contributed by atoms with E-state index < -0.39 is 30.1 Å². The third-order valence-electron chi connectivity index (χ3n) is 7.19. The molecule has 36 heavy (non-hydrogen) atoms. The number of alkyl halides is 3. The number of carbonyl (C=O) groups is 2. The highest BCUT2D eigenvalue weighted by atomic mass is 19.4. The lowest BCUT2D eigenvalue weighted by atomic mass is 9.64. The third-order valence-corrected chi connectivity index (χ3v) is 7.19. The Bertz CT molecular complexity index is 1100. The zero-order chi connectivity index (χ0) is 25.5. The van der Waals surface area contributed by atoms with Crippen molar-refractivity contribution in [2.75, 3.05) is 26.7 Å². The minimum absolute atomic E-state index is 0.00627. The molecule has 0 aliphatic carbocycles. The molecule has 2 aromatic carbocycles. The second-order valence-corrected chi connectivity index (χ2v) is 9.08. The first-order chi connectivity index (χ1) is 17.2. The number of likely N-dealkylation sites (tertiary alicyclic amines) is 1. The number of fused-ring (bicyclic) bond motifs is 2. The van der Waals surface area contributed by atoms with Crippen LogP contribution in [0.3, 0.4) is 0 Å². The molecule has 3 aliphatic rings. The molecule has 8 nitrogen and oxygen atoms in total. The van der Waals surface area contributed by atoms with Gasteiger partial charge in [0, 0.05) is 18.5 Å². The first-order valence-corrected chi connectivity index (χ1v) is 11.5. The number of rotatable bonds is 5. The molecule has 2 aromatic rings. The van der Waals surface area contributed by atoms with E-state index in [0.29, 0.717) is 35.8 Å². The summed E-state index contributed by atoms with van der Waals surface area (Å²) in [6.45, 7) is 2.72. The highest BCUT2D eigenvalue weighted by Gasteiger charge is 2.45. The Kier molecular flexibility index (Phi) is 6.09. The van der Waals surface area contributed by atoms with Gasteiger partial charge in [-0.25, -0.2) is 4.79 Å². The van der Waals surface area contributed by atoms with Crippen LogP contribution in [0.1, 0.15) is 30.9 Å². The maximum Gasteiger partial charge on any atom is 0.432 e. The van der Waals surface area contributed by atoms with Gasteiger partial charge in [-0.1, -0.05) is 19.1 Å². The summed E-state index contributed by atoms with van der Waals surface area (Å²) in [5.74, 6) is 2.57. The van der Waals surface area contributed by atoms with Gasteiger partial charge in [-0.15, -0.1) is 0 Å². The molecule has 3 aliphatic heterocycles. The summed E-state index contributed by atoms with van der Waals surface area (Å²) in [5.41, 5.74) is 1.37. The Morgan fingerprint density at radius 2 is 1.44 bits per heavy atom. The van der Waals surface area contributed by atoms with Gasteiger partial charge in [0.1, 0.15) is 0 Å². The first kappa shape index (κ1) is 24.1. The Morgan fingerprint density at radius 1 is 0.944 bits per heavy atom. The molecule has 1 atom stereocenters. The van der Waals surface area contributed by atoms with E-state index in [0.717, 1.165) is 11.1 Å². The molecule has 0 N–H and O–H groups in total. The van der Waals surface area contributed by atoms with Crippen LogP contribution in [0.2, 0.25) is 0 Å². The number of carbonyl (C=O) groups excluding carboxylic acids is 2. The van der Waals surface area contributed by atoms with Crippen LogP contribution >= 0.6 is 0 Å². The van der Waals surface area contributed by atoms with Crippen LogP contribution in [0.4, 0.5) is 18.0 Å². The molecule has 3 heterocycles. The maximum atomic E-state index is 12.9. The van der Waals surface area contributed by atoms with Crippen LogP contribution in [-0.2, 0) is 14.9 Å². The number of ether oxygens (including phenoxy) is 5. The van der Waals surface area contributed by atoms with Gasteiger partial charge in [0.2, 0.25) is 13.6 Å². The third kappa shape index (κ3) is 4.27. The van der Waals surface area contributed by atoms with Gasteiger partial charge in [-0.2, -0.15) is 13.2 Å². The Morgan fingerprint density at radius 3 is 1.92 bits per heavy atom. The molecular weight excluding hydrogens is 483 g/mol. The molecular formula is C25H24F3NO7. The quantitative estimate of drug-likeness (QED) is 0.554. The predicted molar refractivity (Wildman–Crippen MR) is 118 cm³/mol. The average Bonchev–Trinajstić information content (AvgIpc) is 3.54. The van der Waals surface area contributed by atoms with Crippen molar-refractivity contribution >= 4 is 12.4 Å². The van der Waals surface area contributed by atoms with E-state index in [4.69, 9.17) is 18.9 Å². The molecule has 0 saturated carbocycles. The van der Waals surface area contributed by atoms with Crippen molar-refractivity contribution < 1.29 is 46.4 Å². The molecule has 0 bridgehead atoms. The van der Waals surface area contributed by atoms with Gasteiger partial charge < -0.3 is 28.6 Å². The summed E-state index contributed by atoms with van der Waals surface area (Å²) in [7, 11) is 0. The summed E-state index contributed by atoms with van der Waals surface area (Å²) in [5, 5.41) is 0. The van der Waals surface area contributed by atoms with Gasteiger partial charge in [-0.05, 0) is 54.2 Å². The van der Waals surface area contributed by atoms with Crippen LogP contribution in [0.25, 0.3) is 0 Å². The number of piperidine rings is 1. The van der Waals surface area contributed by atoms with E-state index in [2.05, 4.69) is 11.7 Å². The number of amides is 1. The minimum Gasteiger partial charge on any atom is -0.454 e. The molecule has 0 spiro atoms. The second kappa shape index (κ2) is 9.11. The predicted octanol–water partition coefficient (Wildman–Crippen LogP) is 4.43. The van der Waals surface area contributed by atoms with E-state index in [1.165, 1.54) is 4.90 Å². The Labute approximate surface area is 204 Å². The lowest BCUT2D eigenvalue weighted by Gasteiger charge is -2.43. The maximum absolute atomic E-state index is 12.9. The smallest absolute Gasteiger partial charge is 0.432 e. The largest absolute Gasteiger partial charge is 0.454 e. The van der Waals surface area contributed by atoms with Crippen LogP contribution in [0, 0.1) is 5.92 Å². The average molecular weight is 507 g/mol. The molecule has 1 saturated heterocycles. The fraction of sp³-hybridized carbons (Fsp3) is 0.440. The van der Waals surface area contributed by atoms with E-state index in [9.17, 15) is 22.8 Å². The molecule has 192 valence electrons. The summed E-state index contributed by atoms with van der Waals surface area (Å²) >= 11 is 0. The number of nitrogens with zero attached hydrogens (tertiary/aromatic N) is 1. The second-order valence-electron chi connectivity index (χ2n) is 9.08. The number of benzene rings is 2. The van der Waals surface area contributed by atoms with Crippen LogP contribution < -0.4 is 18.9 Å². The van der Waals surface area contributed by atoms with Crippen LogP contribution in [-0.4, -0.2) is 56.2 Å². The van der Waals surface area contributed by atoms with E-state index >= 15 is 0 Å². The van der Waals surface area contributed by atoms with Crippen LogP contribution in [0.15, 0.2) is 36.4 Å². The Hall–Kier alpha value is -3.63. The van der Waals surface area contributed by atoms with Crippen molar-refractivity contribution in [3.63, 3.8) is 0 Å². The number of hydrogen-bond acceptors (Lipinski definition) is 7. The summed E-state index contributed by atoms with van der Waals surface area (Å²) in [6.07, 6.45) is -8.32. The highest BCUT2D eigenvalue weighted by molar-refractivity contribution is 5.71. The number of halogens is 3. The fourth-order valence-electron chi connectivity index (χ4n) is 5.07. The van der Waals surface area contributed by atoms with Crippen molar-refractivity contribution in [1.82, 2.24) is 4.90 Å². The van der Waals surface area contributed by atoms with Crippen LogP contribution in [0.5, 0.6) is 23.0 Å². The number of aldehydes is 1. The van der Waals surface area contributed by atoms with E-state index in [1.807, 2.05) is 36.4 Å². The molecule has 1 fully saturated rings. The van der Waals surface area contributed by atoms with Crippen molar-refractivity contribution in [1.29, 1.82) is 0 Å². The van der Waals surface area contributed by atoms with Crippen molar-refractivity contribution in [3.05, 3.63) is 47.5 Å². The monoisotopic (exact) mass is 507 g/mol. The normalized spacial score (nSPS) is 18.2. The Balaban J connectivity index is 1.40. The van der Waals surface area contributed by atoms with Gasteiger partial charge >= 0.3 is 12.3 Å². The molecule has 0 aromatic heterocycles. The van der Waals surface area contributed by atoms with E-state index in [-0.39, 0.29) is 32.6 Å². The molecule has 5 rings (SSSR count). The SMILES string of the molecule is CC(c1ccc2c(c1)OCO2)(c1ccc2c(c1)OCO2)C1CCN(C(=O)OC(C=O)C(F)(F)F)CC1. The summed E-state index contributed by atoms with van der Waals surface area (Å²) < 4.78 is 65.1. The van der Waals surface area contributed by atoms with Gasteiger partial charge in [0.15, 0.2) is 29.3 Å². The van der Waals surface area contributed by atoms with Crippen molar-refractivity contribution in [3.8, 4) is 23.0 Å². The molecule has 1 amide bonds. The zero-order valence-electron chi connectivity index (χ0n) is 19.4. The molecule has 0 radical (unpaired) electrons. The van der Waals surface area contributed by atoms with Gasteiger partial charge in [-0.3, -0.25) is 4.79 Å². The number of hydrogen-bond donors (Lipinski definition) is 0. The topological polar surface area (TPSA) is 83.5 Å². The zero-order valence-corrected chi connectivity index (χ0v) is 19.4. The van der Waals surface area contributed by atoms with Gasteiger partial charge in [0.25, 0.3) is 6.10 Å². The van der Waals surface area contributed by atoms with E-state index in [1.54, 1.807) is 0 Å². The van der Waals surface area contributed by atoms with Crippen molar-refractivity contribution in [2.24, 2.45) is 5.92 Å². The summed E-state index contributed by atoms with van der Waals surface area (Å²) in [4.78, 5) is 24.3. The molecule has 11 heteroatoms. The lowest BCUT2D eigenvalue weighted by molar-refractivity contribution is -0.199. The van der Waals surface area contributed by atoms with Crippen molar-refractivity contribution in [2.45, 2.75) is 37.5 Å². The van der Waals surface area contributed by atoms with Gasteiger partial charge in [0.05, 0.1) is 0 Å². The fourth-order valence-corrected chi connectivity index (χ4v) is 5.07. The lowest BCUT2D eigenvalue weighted by Crippen LogP contribution is -2.47. The summed E-state index contributed by atoms with van der Waals surface area (Å²) in [6, 6.07) is 11.5. The standard InChI is InChI=1S/C25H24F3NO7/c1-24(16-2-4-18-20(10-16)34-13-32-18,17-3-5-19-21(11-17)35-14-33-19)15-6-8-29(9-7-15)23(31)36-22(12-30)25(26,27)28/h2-5,10-12,15,22H,6-9,13-14H2,1H3. The minimum atomic E-state index is -4.95. The molecule has 1 unspecified atom stereocenters.